The van der Waals surface area contributed by atoms with E-state index in [9.17, 15) is 4.79 Å². The van der Waals surface area contributed by atoms with Crippen molar-refractivity contribution < 1.29 is 9.53 Å². The van der Waals surface area contributed by atoms with E-state index in [0.717, 1.165) is 38.2 Å². The van der Waals surface area contributed by atoms with Gasteiger partial charge in [0.15, 0.2) is 0 Å². The van der Waals surface area contributed by atoms with Gasteiger partial charge in [0.1, 0.15) is 5.78 Å². The van der Waals surface area contributed by atoms with Crippen LogP contribution in [-0.4, -0.2) is 18.0 Å². The Bertz CT molecular complexity index is 224. The number of carbonyl (C=O) groups excluding carboxylic acids is 1. The molecule has 3 fully saturated rings. The zero-order valence-electron chi connectivity index (χ0n) is 6.51. The molecule has 3 aliphatic rings. The molecule has 1 spiro atoms. The first-order chi connectivity index (χ1) is 5.33. The second-order valence-electron chi connectivity index (χ2n) is 4.07. The minimum absolute atomic E-state index is 0.0787. The van der Waals surface area contributed by atoms with Crippen molar-refractivity contribution >= 4 is 5.78 Å². The first-order valence-corrected chi connectivity index (χ1v) is 4.49. The zero-order valence-corrected chi connectivity index (χ0v) is 6.51. The Morgan fingerprint density at radius 1 is 1.55 bits per heavy atom. The maximum atomic E-state index is 11.4. The number of carbonyl (C=O) groups is 1. The van der Waals surface area contributed by atoms with Crippen molar-refractivity contribution in [1.82, 2.24) is 0 Å². The van der Waals surface area contributed by atoms with Crippen LogP contribution in [-0.2, 0) is 9.53 Å². The molecule has 2 nitrogen and oxygen atoms in total. The molecule has 3 unspecified atom stereocenters. The normalized spacial score (nSPS) is 53.6. The quantitative estimate of drug-likeness (QED) is 0.520. The van der Waals surface area contributed by atoms with E-state index in [2.05, 4.69) is 0 Å². The highest BCUT2D eigenvalue weighted by Gasteiger charge is 2.65. The van der Waals surface area contributed by atoms with Gasteiger partial charge in [0.25, 0.3) is 0 Å². The molecule has 3 atom stereocenters. The molecule has 0 aromatic rings. The number of hydrogen-bond donors (Lipinski definition) is 0. The molecule has 1 aliphatic heterocycles. The number of ether oxygens (including phenoxy) is 1. The molecule has 0 amide bonds. The smallest absolute Gasteiger partial charge is 0.138 e. The second kappa shape index (κ2) is 1.69. The molecular formula is C9H12O2. The summed E-state index contributed by atoms with van der Waals surface area (Å²) in [5, 5.41) is 0. The van der Waals surface area contributed by atoms with Crippen LogP contribution in [0.5, 0.6) is 0 Å². The van der Waals surface area contributed by atoms with Crippen LogP contribution in [0.3, 0.4) is 0 Å². The summed E-state index contributed by atoms with van der Waals surface area (Å²) in [6.07, 6.45) is 4.14. The summed E-state index contributed by atoms with van der Waals surface area (Å²) in [4.78, 5) is 11.4. The molecule has 11 heavy (non-hydrogen) atoms. The molecule has 0 bridgehead atoms. The van der Waals surface area contributed by atoms with Gasteiger partial charge in [-0.1, -0.05) is 0 Å². The first-order valence-electron chi connectivity index (χ1n) is 4.49. The van der Waals surface area contributed by atoms with E-state index in [-0.39, 0.29) is 5.60 Å². The maximum Gasteiger partial charge on any atom is 0.138 e. The fraction of sp³-hybridized carbons (Fsp3) is 0.889. The third kappa shape index (κ3) is 0.527. The van der Waals surface area contributed by atoms with Gasteiger partial charge in [-0.3, -0.25) is 4.79 Å². The molecule has 0 aromatic heterocycles. The lowest BCUT2D eigenvalue weighted by Gasteiger charge is -2.64. The van der Waals surface area contributed by atoms with Crippen LogP contribution in [0.1, 0.15) is 25.7 Å². The molecule has 3 rings (SSSR count). The summed E-state index contributed by atoms with van der Waals surface area (Å²) in [5.41, 5.74) is 0.0787. The molecule has 60 valence electrons. The molecule has 1 saturated heterocycles. The number of Topliss-reactive ketones (excluding diaryl/α,β-unsaturated/α-hetero) is 1. The standard InChI is InChI=1S/C9H12O2/c10-8-2-1-3-9-6(5-11-9)4-7(8)9/h6-7H,1-5H2. The van der Waals surface area contributed by atoms with Crippen LogP contribution < -0.4 is 0 Å². The van der Waals surface area contributed by atoms with Crippen molar-refractivity contribution in [2.75, 3.05) is 6.61 Å². The van der Waals surface area contributed by atoms with Crippen LogP contribution >= 0.6 is 0 Å². The Balaban J connectivity index is 1.91. The van der Waals surface area contributed by atoms with Crippen molar-refractivity contribution in [1.29, 1.82) is 0 Å². The maximum absolute atomic E-state index is 11.4. The van der Waals surface area contributed by atoms with E-state index in [1.54, 1.807) is 0 Å². The molecule has 1 heterocycles. The van der Waals surface area contributed by atoms with E-state index < -0.39 is 0 Å². The summed E-state index contributed by atoms with van der Waals surface area (Å²) >= 11 is 0. The lowest BCUT2D eigenvalue weighted by molar-refractivity contribution is -0.300. The van der Waals surface area contributed by atoms with Gasteiger partial charge < -0.3 is 4.74 Å². The molecule has 0 radical (unpaired) electrons. The van der Waals surface area contributed by atoms with Crippen molar-refractivity contribution in [2.24, 2.45) is 11.8 Å². The lowest BCUT2D eigenvalue weighted by Crippen LogP contribution is -2.70. The van der Waals surface area contributed by atoms with Gasteiger partial charge in [-0.15, -0.1) is 0 Å². The Morgan fingerprint density at radius 2 is 2.45 bits per heavy atom. The van der Waals surface area contributed by atoms with Crippen LogP contribution in [0.25, 0.3) is 0 Å². The largest absolute Gasteiger partial charge is 0.373 e. The predicted molar refractivity (Wildman–Crippen MR) is 39.1 cm³/mol. The molecule has 2 heteroatoms. The second-order valence-corrected chi connectivity index (χ2v) is 4.07. The predicted octanol–water partition coefficient (Wildman–Crippen LogP) is 1.14. The van der Waals surface area contributed by atoms with Gasteiger partial charge in [-0.2, -0.15) is 0 Å². The molecule has 2 aliphatic carbocycles. The fourth-order valence-corrected chi connectivity index (χ4v) is 2.96. The van der Waals surface area contributed by atoms with E-state index in [4.69, 9.17) is 4.74 Å². The first kappa shape index (κ1) is 6.18. The third-order valence-corrected chi connectivity index (χ3v) is 3.73. The summed E-state index contributed by atoms with van der Waals surface area (Å²) in [5.74, 6) is 1.51. The lowest BCUT2D eigenvalue weighted by atomic mass is 9.52. The van der Waals surface area contributed by atoms with E-state index in [1.165, 1.54) is 0 Å². The summed E-state index contributed by atoms with van der Waals surface area (Å²) in [7, 11) is 0. The number of hydrogen-bond acceptors (Lipinski definition) is 2. The van der Waals surface area contributed by atoms with Crippen molar-refractivity contribution in [3.05, 3.63) is 0 Å². The SMILES string of the molecule is O=C1CCCC23OCC2CC13. The molecule has 0 N–H and O–H groups in total. The third-order valence-electron chi connectivity index (χ3n) is 3.73. The monoisotopic (exact) mass is 152 g/mol. The van der Waals surface area contributed by atoms with Crippen molar-refractivity contribution in [2.45, 2.75) is 31.3 Å². The van der Waals surface area contributed by atoms with Gasteiger partial charge >= 0.3 is 0 Å². The van der Waals surface area contributed by atoms with Crippen LogP contribution in [0.15, 0.2) is 0 Å². The topological polar surface area (TPSA) is 26.3 Å². The Kier molecular flexibility index (Phi) is 0.947. The van der Waals surface area contributed by atoms with E-state index >= 15 is 0 Å². The Morgan fingerprint density at radius 3 is 3.00 bits per heavy atom. The fourth-order valence-electron chi connectivity index (χ4n) is 2.96. The highest BCUT2D eigenvalue weighted by atomic mass is 16.5. The van der Waals surface area contributed by atoms with Gasteiger partial charge in [-0.25, -0.2) is 0 Å². The minimum Gasteiger partial charge on any atom is -0.373 e. The average molecular weight is 152 g/mol. The van der Waals surface area contributed by atoms with Gasteiger partial charge in [0, 0.05) is 18.3 Å². The minimum atomic E-state index is 0.0787. The van der Waals surface area contributed by atoms with E-state index in [1.807, 2.05) is 0 Å². The summed E-state index contributed by atoms with van der Waals surface area (Å²) in [6.45, 7) is 0.920. The molecule has 2 saturated carbocycles. The van der Waals surface area contributed by atoms with Crippen LogP contribution in [0, 0.1) is 11.8 Å². The highest BCUT2D eigenvalue weighted by molar-refractivity contribution is 5.84. The van der Waals surface area contributed by atoms with Crippen LogP contribution in [0.4, 0.5) is 0 Å². The summed E-state index contributed by atoms with van der Waals surface area (Å²) < 4.78 is 5.57. The van der Waals surface area contributed by atoms with Gasteiger partial charge in [0.2, 0.25) is 0 Å². The Hall–Kier alpha value is -0.370. The molecule has 0 aromatic carbocycles. The van der Waals surface area contributed by atoms with Crippen molar-refractivity contribution in [3.63, 3.8) is 0 Å². The Labute approximate surface area is 65.9 Å². The van der Waals surface area contributed by atoms with Gasteiger partial charge in [-0.05, 0) is 19.3 Å². The zero-order chi connectivity index (χ0) is 7.47. The number of ketones is 1. The van der Waals surface area contributed by atoms with Gasteiger partial charge in [0.05, 0.1) is 12.2 Å². The van der Waals surface area contributed by atoms with E-state index in [0.29, 0.717) is 11.7 Å². The number of rotatable bonds is 0. The average Bonchev–Trinajstić information content (AvgIpc) is 2.00. The van der Waals surface area contributed by atoms with Crippen molar-refractivity contribution in [3.8, 4) is 0 Å². The highest BCUT2D eigenvalue weighted by Crippen LogP contribution is 2.59. The van der Waals surface area contributed by atoms with Crippen LogP contribution in [0.2, 0.25) is 0 Å². The molecular weight excluding hydrogens is 140 g/mol. The summed E-state index contributed by atoms with van der Waals surface area (Å²) in [6, 6.07) is 0.